The average molecular weight is 269 g/mol. The molecule has 0 spiro atoms. The predicted octanol–water partition coefficient (Wildman–Crippen LogP) is 0.266. The zero-order valence-electron chi connectivity index (χ0n) is 10.3. The van der Waals surface area contributed by atoms with Gasteiger partial charge in [-0.1, -0.05) is 23.8 Å². The van der Waals surface area contributed by atoms with Gasteiger partial charge in [-0.15, -0.1) is 5.10 Å². The molecule has 0 aliphatic carbocycles. The number of hydrogen-bond acceptors (Lipinski definition) is 8. The van der Waals surface area contributed by atoms with Crippen molar-refractivity contribution < 1.29 is 4.52 Å². The standard InChI is InChI=1S/C9H15N7OS/c1-3-10-4-5-16-9(12-14-15-16)18-6-8-11-7(2)17-13-8/h10H,3-6H2,1-2H3. The second kappa shape index (κ2) is 6.45. The van der Waals surface area contributed by atoms with E-state index in [4.69, 9.17) is 4.52 Å². The highest BCUT2D eigenvalue weighted by Crippen LogP contribution is 2.17. The highest BCUT2D eigenvalue weighted by Gasteiger charge is 2.09. The zero-order valence-corrected chi connectivity index (χ0v) is 11.1. The molecular weight excluding hydrogens is 254 g/mol. The van der Waals surface area contributed by atoms with E-state index in [9.17, 15) is 0 Å². The number of tetrazole rings is 1. The molecule has 0 saturated heterocycles. The summed E-state index contributed by atoms with van der Waals surface area (Å²) in [5.41, 5.74) is 0. The van der Waals surface area contributed by atoms with Crippen LogP contribution >= 0.6 is 11.8 Å². The maximum absolute atomic E-state index is 4.90. The Kier molecular flexibility index (Phi) is 4.65. The van der Waals surface area contributed by atoms with Crippen molar-refractivity contribution in [1.29, 1.82) is 0 Å². The Balaban J connectivity index is 1.87. The average Bonchev–Trinajstić information content (AvgIpc) is 2.96. The Hall–Kier alpha value is -1.48. The van der Waals surface area contributed by atoms with Gasteiger partial charge in [-0.25, -0.2) is 4.68 Å². The fourth-order valence-electron chi connectivity index (χ4n) is 1.33. The molecule has 0 aromatic carbocycles. The van der Waals surface area contributed by atoms with E-state index in [0.717, 1.165) is 24.8 Å². The van der Waals surface area contributed by atoms with Crippen molar-refractivity contribution in [3.05, 3.63) is 11.7 Å². The number of rotatable bonds is 7. The van der Waals surface area contributed by atoms with Gasteiger partial charge < -0.3 is 9.84 Å². The van der Waals surface area contributed by atoms with E-state index in [1.54, 1.807) is 11.6 Å². The molecule has 1 N–H and O–H groups in total. The van der Waals surface area contributed by atoms with Crippen molar-refractivity contribution in [2.45, 2.75) is 31.3 Å². The second-order valence-electron chi connectivity index (χ2n) is 3.56. The highest BCUT2D eigenvalue weighted by molar-refractivity contribution is 7.98. The lowest BCUT2D eigenvalue weighted by Gasteiger charge is -2.03. The molecule has 0 radical (unpaired) electrons. The minimum absolute atomic E-state index is 0.567. The van der Waals surface area contributed by atoms with Crippen LogP contribution in [0.4, 0.5) is 0 Å². The number of hydrogen-bond donors (Lipinski definition) is 1. The van der Waals surface area contributed by atoms with Crippen LogP contribution in [0.5, 0.6) is 0 Å². The van der Waals surface area contributed by atoms with Crippen LogP contribution in [-0.4, -0.2) is 43.4 Å². The van der Waals surface area contributed by atoms with Crippen LogP contribution in [0.1, 0.15) is 18.6 Å². The van der Waals surface area contributed by atoms with Crippen molar-refractivity contribution in [2.75, 3.05) is 13.1 Å². The summed E-state index contributed by atoms with van der Waals surface area (Å²) in [6.07, 6.45) is 0. The van der Waals surface area contributed by atoms with Gasteiger partial charge in [0.1, 0.15) is 0 Å². The third kappa shape index (κ3) is 3.50. The SMILES string of the molecule is CCNCCn1nnnc1SCc1noc(C)n1. The van der Waals surface area contributed by atoms with Gasteiger partial charge in [-0.05, 0) is 17.0 Å². The topological polar surface area (TPSA) is 94.6 Å². The Morgan fingerprint density at radius 2 is 2.33 bits per heavy atom. The molecule has 0 bridgehead atoms. The van der Waals surface area contributed by atoms with Crippen LogP contribution in [0, 0.1) is 6.92 Å². The highest BCUT2D eigenvalue weighted by atomic mass is 32.2. The lowest BCUT2D eigenvalue weighted by Crippen LogP contribution is -2.20. The molecule has 0 aliphatic heterocycles. The molecular formula is C9H15N7OS. The first kappa shape index (κ1) is 13.0. The lowest BCUT2D eigenvalue weighted by atomic mass is 10.6. The quantitative estimate of drug-likeness (QED) is 0.565. The fraction of sp³-hybridized carbons (Fsp3) is 0.667. The summed E-state index contributed by atoms with van der Waals surface area (Å²) in [5, 5.41) is 19.4. The predicted molar refractivity (Wildman–Crippen MR) is 65.0 cm³/mol. The molecule has 18 heavy (non-hydrogen) atoms. The third-order valence-electron chi connectivity index (χ3n) is 2.15. The zero-order chi connectivity index (χ0) is 12.8. The molecule has 0 fully saturated rings. The molecule has 8 nitrogen and oxygen atoms in total. The molecule has 0 saturated carbocycles. The van der Waals surface area contributed by atoms with Gasteiger partial charge >= 0.3 is 0 Å². The second-order valence-corrected chi connectivity index (χ2v) is 4.50. The van der Waals surface area contributed by atoms with Gasteiger partial charge in [0.15, 0.2) is 5.82 Å². The van der Waals surface area contributed by atoms with Crippen LogP contribution in [0.25, 0.3) is 0 Å². The fourth-order valence-corrected chi connectivity index (χ4v) is 2.08. The van der Waals surface area contributed by atoms with Gasteiger partial charge in [-0.3, -0.25) is 0 Å². The number of nitrogens with one attached hydrogen (secondary N) is 1. The molecule has 0 aliphatic rings. The smallest absolute Gasteiger partial charge is 0.223 e. The maximum Gasteiger partial charge on any atom is 0.223 e. The molecule has 9 heteroatoms. The number of thioether (sulfide) groups is 1. The van der Waals surface area contributed by atoms with Crippen LogP contribution in [0.3, 0.4) is 0 Å². The van der Waals surface area contributed by atoms with Crippen LogP contribution in [-0.2, 0) is 12.3 Å². The number of aromatic nitrogens is 6. The Bertz CT molecular complexity index is 483. The summed E-state index contributed by atoms with van der Waals surface area (Å²) in [4.78, 5) is 4.13. The molecule has 2 aromatic rings. The van der Waals surface area contributed by atoms with Crippen molar-refractivity contribution in [2.24, 2.45) is 0 Å². The van der Waals surface area contributed by atoms with Gasteiger partial charge in [0.05, 0.1) is 12.3 Å². The largest absolute Gasteiger partial charge is 0.340 e. The van der Waals surface area contributed by atoms with Crippen LogP contribution < -0.4 is 5.32 Å². The normalized spacial score (nSPS) is 11.0. The first-order valence-electron chi connectivity index (χ1n) is 5.68. The van der Waals surface area contributed by atoms with E-state index in [0.29, 0.717) is 17.5 Å². The van der Waals surface area contributed by atoms with Crippen LogP contribution in [0.15, 0.2) is 9.68 Å². The monoisotopic (exact) mass is 269 g/mol. The van der Waals surface area contributed by atoms with E-state index in [1.165, 1.54) is 11.8 Å². The third-order valence-corrected chi connectivity index (χ3v) is 3.10. The van der Waals surface area contributed by atoms with Crippen molar-refractivity contribution in [1.82, 2.24) is 35.7 Å². The van der Waals surface area contributed by atoms with E-state index in [2.05, 4.69) is 37.9 Å². The van der Waals surface area contributed by atoms with Crippen molar-refractivity contribution in [3.63, 3.8) is 0 Å². The number of aryl methyl sites for hydroxylation is 1. The van der Waals surface area contributed by atoms with Gasteiger partial charge in [-0.2, -0.15) is 4.98 Å². The molecule has 2 rings (SSSR count). The minimum Gasteiger partial charge on any atom is -0.340 e. The maximum atomic E-state index is 4.90. The first-order valence-corrected chi connectivity index (χ1v) is 6.67. The first-order chi connectivity index (χ1) is 8.79. The van der Waals surface area contributed by atoms with E-state index >= 15 is 0 Å². The van der Waals surface area contributed by atoms with E-state index in [1.807, 2.05) is 0 Å². The molecule has 0 atom stereocenters. The summed E-state index contributed by atoms with van der Waals surface area (Å²) in [7, 11) is 0. The Morgan fingerprint density at radius 1 is 1.44 bits per heavy atom. The minimum atomic E-state index is 0.567. The van der Waals surface area contributed by atoms with Gasteiger partial charge in [0, 0.05) is 13.5 Å². The summed E-state index contributed by atoms with van der Waals surface area (Å²) < 4.78 is 6.67. The van der Waals surface area contributed by atoms with Crippen molar-refractivity contribution >= 4 is 11.8 Å². The Labute approximate surface area is 109 Å². The number of nitrogens with zero attached hydrogens (tertiary/aromatic N) is 6. The molecule has 2 aromatic heterocycles. The molecule has 2 heterocycles. The van der Waals surface area contributed by atoms with E-state index in [-0.39, 0.29) is 0 Å². The molecule has 98 valence electrons. The summed E-state index contributed by atoms with van der Waals surface area (Å²) >= 11 is 1.49. The van der Waals surface area contributed by atoms with Gasteiger partial charge in [0.2, 0.25) is 11.0 Å². The summed E-state index contributed by atoms with van der Waals surface area (Å²) in [5.74, 6) is 1.81. The summed E-state index contributed by atoms with van der Waals surface area (Å²) in [6.45, 7) is 6.35. The molecule has 0 unspecified atom stereocenters. The molecule has 0 amide bonds. The lowest BCUT2D eigenvalue weighted by molar-refractivity contribution is 0.389. The Morgan fingerprint density at radius 3 is 3.06 bits per heavy atom. The van der Waals surface area contributed by atoms with Gasteiger partial charge in [0.25, 0.3) is 0 Å². The van der Waals surface area contributed by atoms with Crippen LogP contribution in [0.2, 0.25) is 0 Å². The summed E-state index contributed by atoms with van der Waals surface area (Å²) in [6, 6.07) is 0. The van der Waals surface area contributed by atoms with E-state index < -0.39 is 0 Å². The van der Waals surface area contributed by atoms with Crippen molar-refractivity contribution in [3.8, 4) is 0 Å². The number of likely N-dealkylation sites (N-methyl/N-ethyl adjacent to an activating group) is 1.